The average molecular weight is 454 g/mol. The maximum absolute atomic E-state index is 12.6. The molecule has 0 bridgehead atoms. The zero-order valence-corrected chi connectivity index (χ0v) is 18.8. The Balaban J connectivity index is 1.77. The van der Waals surface area contributed by atoms with Gasteiger partial charge in [-0.2, -0.15) is 0 Å². The lowest BCUT2D eigenvalue weighted by atomic mass is 10.0. The Morgan fingerprint density at radius 2 is 1.74 bits per heavy atom. The summed E-state index contributed by atoms with van der Waals surface area (Å²) in [4.78, 5) is 41.5. The van der Waals surface area contributed by atoms with Gasteiger partial charge in [0.15, 0.2) is 0 Å². The summed E-state index contributed by atoms with van der Waals surface area (Å²) in [6.45, 7) is 0. The van der Waals surface area contributed by atoms with Gasteiger partial charge in [0.25, 0.3) is 11.8 Å². The molecule has 3 aromatic carbocycles. The number of nitrogens with zero attached hydrogens (tertiary/aromatic N) is 2. The number of anilines is 1. The first-order valence-corrected chi connectivity index (χ1v) is 11.0. The van der Waals surface area contributed by atoms with Crippen LogP contribution in [-0.4, -0.2) is 41.4 Å². The van der Waals surface area contributed by atoms with Gasteiger partial charge < -0.3 is 16.0 Å². The summed E-state index contributed by atoms with van der Waals surface area (Å²) in [5.41, 5.74) is 5.79. The highest BCUT2D eigenvalue weighted by molar-refractivity contribution is 6.02. The van der Waals surface area contributed by atoms with Crippen LogP contribution in [0, 0.1) is 0 Å². The van der Waals surface area contributed by atoms with Crippen molar-refractivity contribution >= 4 is 34.4 Å². The Hall–Kier alpha value is -4.46. The number of amides is 3. The Labute approximate surface area is 196 Å². The maximum Gasteiger partial charge on any atom is 0.251 e. The topological polar surface area (TPSA) is 105 Å². The number of nitrogens with one attached hydrogen (secondary N) is 3. The van der Waals surface area contributed by atoms with Gasteiger partial charge in [-0.1, -0.05) is 18.2 Å². The van der Waals surface area contributed by atoms with E-state index in [-0.39, 0.29) is 17.7 Å². The van der Waals surface area contributed by atoms with Crippen LogP contribution in [0.3, 0.4) is 0 Å². The van der Waals surface area contributed by atoms with Crippen molar-refractivity contribution in [3.63, 3.8) is 0 Å². The molecule has 0 fully saturated rings. The fourth-order valence-electron chi connectivity index (χ4n) is 4.33. The lowest BCUT2D eigenvalue weighted by Gasteiger charge is -2.19. The molecule has 3 N–H and O–H groups in total. The number of benzene rings is 3. The highest BCUT2D eigenvalue weighted by Crippen LogP contribution is 2.33. The number of carbonyl (C=O) groups is 3. The quantitative estimate of drug-likeness (QED) is 0.441. The van der Waals surface area contributed by atoms with Gasteiger partial charge in [-0.05, 0) is 54.4 Å². The highest BCUT2D eigenvalue weighted by atomic mass is 16.2. The molecule has 2 heterocycles. The van der Waals surface area contributed by atoms with Crippen molar-refractivity contribution in [1.29, 1.82) is 0 Å². The zero-order chi connectivity index (χ0) is 23.8. The molecule has 1 aromatic heterocycles. The molecular weight excluding hydrogens is 430 g/mol. The van der Waals surface area contributed by atoms with Crippen molar-refractivity contribution in [3.8, 4) is 17.1 Å². The second-order valence-electron chi connectivity index (χ2n) is 8.07. The molecule has 0 aliphatic carbocycles. The number of carbonyl (C=O) groups excluding carboxylic acids is 3. The van der Waals surface area contributed by atoms with Gasteiger partial charge >= 0.3 is 0 Å². The molecular formula is C26H23N5O3. The van der Waals surface area contributed by atoms with Crippen LogP contribution in [0.25, 0.3) is 28.1 Å². The van der Waals surface area contributed by atoms with Gasteiger partial charge in [-0.15, -0.1) is 0 Å². The van der Waals surface area contributed by atoms with E-state index in [0.717, 1.165) is 22.5 Å². The van der Waals surface area contributed by atoms with Crippen molar-refractivity contribution in [3.05, 3.63) is 77.4 Å². The number of imidazole rings is 1. The van der Waals surface area contributed by atoms with Crippen molar-refractivity contribution in [1.82, 2.24) is 20.2 Å². The predicted molar refractivity (Wildman–Crippen MR) is 130 cm³/mol. The third kappa shape index (κ3) is 3.59. The second-order valence-corrected chi connectivity index (χ2v) is 8.07. The molecule has 8 nitrogen and oxygen atoms in total. The molecule has 0 saturated carbocycles. The summed E-state index contributed by atoms with van der Waals surface area (Å²) >= 11 is 0. The fourth-order valence-corrected chi connectivity index (χ4v) is 4.33. The molecule has 0 radical (unpaired) electrons. The molecule has 0 unspecified atom stereocenters. The molecule has 3 amide bonds. The first-order valence-electron chi connectivity index (χ1n) is 11.0. The van der Waals surface area contributed by atoms with E-state index >= 15 is 0 Å². The van der Waals surface area contributed by atoms with Crippen LogP contribution >= 0.6 is 0 Å². The maximum atomic E-state index is 12.6. The van der Waals surface area contributed by atoms with Crippen molar-refractivity contribution in [2.45, 2.75) is 12.8 Å². The first kappa shape index (κ1) is 21.4. The first-order chi connectivity index (χ1) is 16.5. The number of hydrogen-bond donors (Lipinski definition) is 3. The Kier molecular flexibility index (Phi) is 5.33. The Bertz CT molecular complexity index is 1470. The number of rotatable bonds is 4. The normalized spacial score (nSPS) is 12.7. The number of aryl methyl sites for hydroxylation is 1. The molecule has 8 heteroatoms. The average Bonchev–Trinajstić information content (AvgIpc) is 3.26. The van der Waals surface area contributed by atoms with Gasteiger partial charge in [0.1, 0.15) is 5.82 Å². The van der Waals surface area contributed by atoms with Gasteiger partial charge in [-0.3, -0.25) is 19.0 Å². The van der Waals surface area contributed by atoms with E-state index in [1.807, 2.05) is 47.0 Å². The molecule has 0 saturated heterocycles. The molecule has 4 aromatic rings. The van der Waals surface area contributed by atoms with Crippen LogP contribution in [-0.2, 0) is 11.2 Å². The minimum atomic E-state index is -0.214. The zero-order valence-electron chi connectivity index (χ0n) is 18.8. The van der Waals surface area contributed by atoms with Crippen molar-refractivity contribution in [2.24, 2.45) is 0 Å². The van der Waals surface area contributed by atoms with Crippen LogP contribution in [0.15, 0.2) is 60.7 Å². The van der Waals surface area contributed by atoms with E-state index in [9.17, 15) is 14.4 Å². The summed E-state index contributed by atoms with van der Waals surface area (Å²) in [6, 6.07) is 18.5. The molecule has 0 atom stereocenters. The van der Waals surface area contributed by atoms with Gasteiger partial charge in [0, 0.05) is 43.0 Å². The van der Waals surface area contributed by atoms with E-state index in [0.29, 0.717) is 40.9 Å². The van der Waals surface area contributed by atoms with Gasteiger partial charge in [0.05, 0.1) is 16.6 Å². The summed E-state index contributed by atoms with van der Waals surface area (Å²) in [5.74, 6) is 0.181. The molecule has 0 spiro atoms. The van der Waals surface area contributed by atoms with Gasteiger partial charge in [-0.25, -0.2) is 4.98 Å². The fraction of sp³-hybridized carbons (Fsp3) is 0.154. The number of aromatic nitrogens is 2. The summed E-state index contributed by atoms with van der Waals surface area (Å²) in [7, 11) is 3.18. The summed E-state index contributed by atoms with van der Waals surface area (Å²) in [6.07, 6.45) is 1.08. The van der Waals surface area contributed by atoms with Crippen LogP contribution in [0.4, 0.5) is 5.69 Å². The number of fused-ring (bicyclic) bond motifs is 2. The van der Waals surface area contributed by atoms with E-state index in [4.69, 9.17) is 4.98 Å². The highest BCUT2D eigenvalue weighted by Gasteiger charge is 2.22. The van der Waals surface area contributed by atoms with Gasteiger partial charge in [0.2, 0.25) is 5.91 Å². The lowest BCUT2D eigenvalue weighted by molar-refractivity contribution is -0.116. The standard InChI is InChI=1S/C26H23N5O3/c1-27-25(33)16-7-11-22-21(14-16)30-24(18-5-3-4-6-19(18)26(34)28-2)31(22)17-9-10-20-15(13-17)8-12-23(32)29-20/h3-7,9-11,13-14H,8,12H2,1-2H3,(H,27,33)(H,28,34)(H,29,32). The second kappa shape index (κ2) is 8.47. The lowest BCUT2D eigenvalue weighted by Crippen LogP contribution is -2.19. The molecule has 170 valence electrons. The third-order valence-corrected chi connectivity index (χ3v) is 6.03. The van der Waals surface area contributed by atoms with Crippen LogP contribution < -0.4 is 16.0 Å². The summed E-state index contributed by atoms with van der Waals surface area (Å²) in [5, 5.41) is 8.24. The largest absolute Gasteiger partial charge is 0.355 e. The minimum Gasteiger partial charge on any atom is -0.355 e. The molecule has 1 aliphatic heterocycles. The van der Waals surface area contributed by atoms with Crippen LogP contribution in [0.5, 0.6) is 0 Å². The van der Waals surface area contributed by atoms with E-state index < -0.39 is 0 Å². The van der Waals surface area contributed by atoms with Crippen molar-refractivity contribution < 1.29 is 14.4 Å². The van der Waals surface area contributed by atoms with E-state index in [1.54, 1.807) is 32.3 Å². The van der Waals surface area contributed by atoms with Crippen LogP contribution in [0.1, 0.15) is 32.7 Å². The van der Waals surface area contributed by atoms with Crippen molar-refractivity contribution in [2.75, 3.05) is 19.4 Å². The SMILES string of the molecule is CNC(=O)c1ccc2c(c1)nc(-c1ccccc1C(=O)NC)n2-c1ccc2c(c1)CCC(=O)N2. The monoisotopic (exact) mass is 453 g/mol. The number of hydrogen-bond acceptors (Lipinski definition) is 4. The Morgan fingerprint density at radius 3 is 2.53 bits per heavy atom. The molecule has 34 heavy (non-hydrogen) atoms. The van der Waals surface area contributed by atoms with E-state index in [1.165, 1.54) is 0 Å². The minimum absolute atomic E-state index is 0.00950. The Morgan fingerprint density at radius 1 is 0.941 bits per heavy atom. The van der Waals surface area contributed by atoms with Crippen LogP contribution in [0.2, 0.25) is 0 Å². The summed E-state index contributed by atoms with van der Waals surface area (Å²) < 4.78 is 1.99. The smallest absolute Gasteiger partial charge is 0.251 e. The molecule has 1 aliphatic rings. The predicted octanol–water partition coefficient (Wildman–Crippen LogP) is 3.30. The molecule has 5 rings (SSSR count). The van der Waals surface area contributed by atoms with E-state index in [2.05, 4.69) is 16.0 Å². The third-order valence-electron chi connectivity index (χ3n) is 6.03.